The fraction of sp³-hybridized carbons (Fsp3) is 0.214. The number of hydrogen-bond donors (Lipinski definition) is 1. The van der Waals surface area contributed by atoms with Gasteiger partial charge >= 0.3 is 5.97 Å². The minimum Gasteiger partial charge on any atom is -0.472 e. The number of furan rings is 1. The Hall–Kier alpha value is -2.12. The zero-order valence-corrected chi connectivity index (χ0v) is 12.2. The Kier molecular flexibility index (Phi) is 4.77. The van der Waals surface area contributed by atoms with Crippen LogP contribution in [0.5, 0.6) is 0 Å². The molecule has 0 saturated carbocycles. The predicted molar refractivity (Wildman–Crippen MR) is 74.9 cm³/mol. The molecule has 0 bridgehead atoms. The molecule has 0 saturated heterocycles. The molecule has 7 heteroatoms. The first kappa shape index (κ1) is 15.3. The summed E-state index contributed by atoms with van der Waals surface area (Å²) in [7, 11) is -2.29. The Morgan fingerprint density at radius 1 is 1.19 bits per heavy atom. The van der Waals surface area contributed by atoms with Crippen LogP contribution in [0, 0.1) is 0 Å². The summed E-state index contributed by atoms with van der Waals surface area (Å²) in [5, 5.41) is 0. The molecule has 0 spiro atoms. The van der Waals surface area contributed by atoms with Crippen molar-refractivity contribution in [3.8, 4) is 0 Å². The van der Waals surface area contributed by atoms with Gasteiger partial charge < -0.3 is 9.15 Å². The van der Waals surface area contributed by atoms with Gasteiger partial charge in [0, 0.05) is 12.1 Å². The molecule has 0 radical (unpaired) electrons. The van der Waals surface area contributed by atoms with E-state index in [0.717, 1.165) is 5.56 Å². The molecule has 0 aliphatic heterocycles. The zero-order valence-electron chi connectivity index (χ0n) is 11.4. The van der Waals surface area contributed by atoms with Crippen LogP contribution in [-0.2, 0) is 32.5 Å². The van der Waals surface area contributed by atoms with Gasteiger partial charge in [-0.25, -0.2) is 13.1 Å². The van der Waals surface area contributed by atoms with E-state index in [4.69, 9.17) is 4.42 Å². The minimum absolute atomic E-state index is 0.110. The molecule has 2 rings (SSSR count). The molecule has 0 aliphatic carbocycles. The quantitative estimate of drug-likeness (QED) is 0.817. The van der Waals surface area contributed by atoms with Crippen LogP contribution < -0.4 is 4.72 Å². The lowest BCUT2D eigenvalue weighted by Gasteiger charge is -2.06. The van der Waals surface area contributed by atoms with Crippen molar-refractivity contribution >= 4 is 16.0 Å². The maximum Gasteiger partial charge on any atom is 0.309 e. The van der Waals surface area contributed by atoms with Gasteiger partial charge in [0.15, 0.2) is 0 Å². The number of nitrogens with one attached hydrogen (secondary N) is 1. The van der Waals surface area contributed by atoms with Crippen LogP contribution in [0.1, 0.15) is 11.1 Å². The Bertz CT molecular complexity index is 689. The van der Waals surface area contributed by atoms with Gasteiger partial charge in [-0.3, -0.25) is 4.79 Å². The van der Waals surface area contributed by atoms with Crippen molar-refractivity contribution < 1.29 is 22.4 Å². The number of carbonyl (C=O) groups is 1. The number of carbonyl (C=O) groups excluding carboxylic acids is 1. The molecule has 0 amide bonds. The molecule has 21 heavy (non-hydrogen) atoms. The molecule has 0 atom stereocenters. The summed E-state index contributed by atoms with van der Waals surface area (Å²) in [6.07, 6.45) is 3.06. The highest BCUT2D eigenvalue weighted by atomic mass is 32.2. The summed E-state index contributed by atoms with van der Waals surface area (Å²) < 4.78 is 36.1. The minimum atomic E-state index is -3.60. The average Bonchev–Trinajstić information content (AvgIpc) is 2.99. The van der Waals surface area contributed by atoms with Gasteiger partial charge in [0.1, 0.15) is 0 Å². The summed E-state index contributed by atoms with van der Waals surface area (Å²) in [5.41, 5.74) is 1.43. The topological polar surface area (TPSA) is 85.6 Å². The first-order valence-electron chi connectivity index (χ1n) is 6.18. The molecule has 1 N–H and O–H groups in total. The summed E-state index contributed by atoms with van der Waals surface area (Å²) in [6, 6.07) is 7.76. The highest BCUT2D eigenvalue weighted by Gasteiger charge is 2.14. The van der Waals surface area contributed by atoms with Crippen LogP contribution in [0.25, 0.3) is 0 Å². The molecule has 1 aromatic heterocycles. The van der Waals surface area contributed by atoms with Crippen LogP contribution in [-0.4, -0.2) is 21.5 Å². The maximum atomic E-state index is 12.1. The lowest BCUT2D eigenvalue weighted by Crippen LogP contribution is -2.23. The van der Waals surface area contributed by atoms with E-state index in [1.807, 2.05) is 0 Å². The van der Waals surface area contributed by atoms with E-state index in [2.05, 4.69) is 9.46 Å². The third kappa shape index (κ3) is 4.17. The van der Waals surface area contributed by atoms with Crippen molar-refractivity contribution in [3.05, 3.63) is 54.0 Å². The van der Waals surface area contributed by atoms with Crippen LogP contribution in [0.15, 0.2) is 52.2 Å². The largest absolute Gasteiger partial charge is 0.472 e. The van der Waals surface area contributed by atoms with Gasteiger partial charge in [-0.15, -0.1) is 0 Å². The first-order chi connectivity index (χ1) is 10.0. The van der Waals surface area contributed by atoms with Crippen LogP contribution in [0.2, 0.25) is 0 Å². The SMILES string of the molecule is COC(=O)Cc1ccc(S(=O)(=O)NCc2ccoc2)cc1. The fourth-order valence-corrected chi connectivity index (χ4v) is 2.70. The van der Waals surface area contributed by atoms with E-state index in [1.165, 1.54) is 31.8 Å². The Morgan fingerprint density at radius 2 is 1.90 bits per heavy atom. The molecule has 0 aliphatic rings. The number of rotatable bonds is 6. The monoisotopic (exact) mass is 309 g/mol. The number of esters is 1. The van der Waals surface area contributed by atoms with Crippen LogP contribution in [0.3, 0.4) is 0 Å². The normalized spacial score (nSPS) is 11.3. The summed E-state index contributed by atoms with van der Waals surface area (Å²) >= 11 is 0. The summed E-state index contributed by atoms with van der Waals surface area (Å²) in [6.45, 7) is 0.156. The standard InChI is InChI=1S/C14H15NO5S/c1-19-14(16)8-11-2-4-13(5-3-11)21(17,18)15-9-12-6-7-20-10-12/h2-7,10,15H,8-9H2,1H3. The van der Waals surface area contributed by atoms with Crippen LogP contribution >= 0.6 is 0 Å². The van der Waals surface area contributed by atoms with E-state index in [1.54, 1.807) is 18.2 Å². The number of ether oxygens (including phenoxy) is 1. The van der Waals surface area contributed by atoms with Crippen molar-refractivity contribution in [2.24, 2.45) is 0 Å². The van der Waals surface area contributed by atoms with Gasteiger partial charge in [0.05, 0.1) is 31.0 Å². The van der Waals surface area contributed by atoms with E-state index in [0.29, 0.717) is 5.56 Å². The lowest BCUT2D eigenvalue weighted by atomic mass is 10.2. The maximum absolute atomic E-state index is 12.1. The highest BCUT2D eigenvalue weighted by molar-refractivity contribution is 7.89. The molecule has 1 heterocycles. The Labute approximate surface area is 122 Å². The molecule has 112 valence electrons. The van der Waals surface area contributed by atoms with Crippen molar-refractivity contribution in [3.63, 3.8) is 0 Å². The van der Waals surface area contributed by atoms with E-state index >= 15 is 0 Å². The zero-order chi connectivity index (χ0) is 15.3. The number of hydrogen-bond acceptors (Lipinski definition) is 5. The van der Waals surface area contributed by atoms with Gasteiger partial charge in [-0.05, 0) is 23.8 Å². The third-order valence-corrected chi connectivity index (χ3v) is 4.27. The lowest BCUT2D eigenvalue weighted by molar-refractivity contribution is -0.139. The van der Waals surface area contributed by atoms with Crippen molar-refractivity contribution in [1.29, 1.82) is 0 Å². The second kappa shape index (κ2) is 6.55. The van der Waals surface area contributed by atoms with Crippen LogP contribution in [0.4, 0.5) is 0 Å². The summed E-state index contributed by atoms with van der Waals surface area (Å²) in [5.74, 6) is -0.372. The predicted octanol–water partition coefficient (Wildman–Crippen LogP) is 1.47. The van der Waals surface area contributed by atoms with E-state index in [-0.39, 0.29) is 23.8 Å². The van der Waals surface area contributed by atoms with Crippen molar-refractivity contribution in [2.75, 3.05) is 7.11 Å². The molecule has 1 aromatic carbocycles. The average molecular weight is 309 g/mol. The fourth-order valence-electron chi connectivity index (χ4n) is 1.68. The van der Waals surface area contributed by atoms with Crippen molar-refractivity contribution in [1.82, 2.24) is 4.72 Å². The molecule has 2 aromatic rings. The molecular weight excluding hydrogens is 294 g/mol. The molecule has 6 nitrogen and oxygen atoms in total. The number of benzene rings is 1. The van der Waals surface area contributed by atoms with Gasteiger partial charge in [-0.2, -0.15) is 0 Å². The first-order valence-corrected chi connectivity index (χ1v) is 7.66. The smallest absolute Gasteiger partial charge is 0.309 e. The van der Waals surface area contributed by atoms with Gasteiger partial charge in [-0.1, -0.05) is 12.1 Å². The van der Waals surface area contributed by atoms with E-state index < -0.39 is 10.0 Å². The van der Waals surface area contributed by atoms with E-state index in [9.17, 15) is 13.2 Å². The van der Waals surface area contributed by atoms with Gasteiger partial charge in [0.25, 0.3) is 0 Å². The van der Waals surface area contributed by atoms with Crippen molar-refractivity contribution in [2.45, 2.75) is 17.9 Å². The Balaban J connectivity index is 2.04. The number of methoxy groups -OCH3 is 1. The molecule has 0 fully saturated rings. The second-order valence-corrected chi connectivity index (χ2v) is 6.12. The Morgan fingerprint density at radius 3 is 2.48 bits per heavy atom. The summed E-state index contributed by atoms with van der Waals surface area (Å²) in [4.78, 5) is 11.3. The number of sulfonamides is 1. The molecule has 0 unspecified atom stereocenters. The highest BCUT2D eigenvalue weighted by Crippen LogP contribution is 2.12. The van der Waals surface area contributed by atoms with Gasteiger partial charge in [0.2, 0.25) is 10.0 Å². The molecular formula is C14H15NO5S. The third-order valence-electron chi connectivity index (χ3n) is 2.86. The second-order valence-electron chi connectivity index (χ2n) is 4.35.